The largest absolute Gasteiger partial charge is 0.478 e. The molecule has 0 spiro atoms. The molecule has 0 aromatic heterocycles. The number of carboxylic acids is 1. The predicted octanol–water partition coefficient (Wildman–Crippen LogP) is 1.84. The molecular weight excluding hydrogens is 194 g/mol. The number of carboxylic acid groups (broad SMARTS) is 1. The lowest BCUT2D eigenvalue weighted by Gasteiger charge is -2.14. The van der Waals surface area contributed by atoms with Crippen LogP contribution in [0.4, 0.5) is 0 Å². The third-order valence-electron chi connectivity index (χ3n) is 3.16. The highest BCUT2D eigenvalue weighted by Gasteiger charge is 2.30. The van der Waals surface area contributed by atoms with E-state index in [-0.39, 0.29) is 0 Å². The SMILES string of the molecule is O=C(O)C1CN=C(C2CCCCCC2)O1. The van der Waals surface area contributed by atoms with Gasteiger partial charge in [-0.25, -0.2) is 4.79 Å². The highest BCUT2D eigenvalue weighted by Crippen LogP contribution is 2.26. The van der Waals surface area contributed by atoms with Crippen LogP contribution in [0.5, 0.6) is 0 Å². The molecule has 4 heteroatoms. The number of aliphatic carboxylic acids is 1. The normalized spacial score (nSPS) is 28.0. The van der Waals surface area contributed by atoms with Crippen molar-refractivity contribution in [2.75, 3.05) is 6.54 Å². The smallest absolute Gasteiger partial charge is 0.346 e. The van der Waals surface area contributed by atoms with Crippen LogP contribution in [0.1, 0.15) is 38.5 Å². The second-order valence-electron chi connectivity index (χ2n) is 4.31. The van der Waals surface area contributed by atoms with Crippen LogP contribution in [0.2, 0.25) is 0 Å². The molecule has 1 aliphatic heterocycles. The number of nitrogens with zero attached hydrogens (tertiary/aromatic N) is 1. The van der Waals surface area contributed by atoms with Gasteiger partial charge in [0, 0.05) is 5.92 Å². The van der Waals surface area contributed by atoms with E-state index in [2.05, 4.69) is 4.99 Å². The molecule has 2 aliphatic rings. The van der Waals surface area contributed by atoms with Gasteiger partial charge in [0.05, 0.1) is 6.54 Å². The van der Waals surface area contributed by atoms with Crippen LogP contribution in [-0.4, -0.2) is 29.6 Å². The Labute approximate surface area is 89.3 Å². The monoisotopic (exact) mass is 211 g/mol. The zero-order valence-electron chi connectivity index (χ0n) is 8.82. The number of hydrogen-bond donors (Lipinski definition) is 1. The summed E-state index contributed by atoms with van der Waals surface area (Å²) in [6, 6.07) is 0. The van der Waals surface area contributed by atoms with Gasteiger partial charge < -0.3 is 9.84 Å². The van der Waals surface area contributed by atoms with Crippen LogP contribution < -0.4 is 0 Å². The molecule has 2 rings (SSSR count). The van der Waals surface area contributed by atoms with E-state index >= 15 is 0 Å². The second kappa shape index (κ2) is 4.64. The number of rotatable bonds is 2. The molecule has 0 bridgehead atoms. The Balaban J connectivity index is 1.91. The van der Waals surface area contributed by atoms with Gasteiger partial charge >= 0.3 is 5.97 Å². The minimum Gasteiger partial charge on any atom is -0.478 e. The van der Waals surface area contributed by atoms with Crippen molar-refractivity contribution < 1.29 is 14.6 Å². The first-order valence-corrected chi connectivity index (χ1v) is 5.71. The summed E-state index contributed by atoms with van der Waals surface area (Å²) in [5, 5.41) is 8.79. The van der Waals surface area contributed by atoms with Crippen molar-refractivity contribution in [2.24, 2.45) is 10.9 Å². The molecule has 1 heterocycles. The molecule has 0 saturated heterocycles. The third-order valence-corrected chi connectivity index (χ3v) is 3.16. The fraction of sp³-hybridized carbons (Fsp3) is 0.818. The van der Waals surface area contributed by atoms with E-state index in [1.807, 2.05) is 0 Å². The van der Waals surface area contributed by atoms with Gasteiger partial charge in [-0.05, 0) is 12.8 Å². The fourth-order valence-electron chi connectivity index (χ4n) is 2.27. The van der Waals surface area contributed by atoms with Crippen LogP contribution in [0.15, 0.2) is 4.99 Å². The minimum atomic E-state index is -0.901. The Morgan fingerprint density at radius 2 is 1.93 bits per heavy atom. The zero-order valence-corrected chi connectivity index (χ0v) is 8.82. The van der Waals surface area contributed by atoms with E-state index in [1.165, 1.54) is 25.7 Å². The molecule has 1 atom stereocenters. The fourth-order valence-corrected chi connectivity index (χ4v) is 2.27. The minimum absolute atomic E-state index is 0.293. The molecule has 1 saturated carbocycles. The number of aliphatic imine (C=N–C) groups is 1. The van der Waals surface area contributed by atoms with Crippen molar-refractivity contribution in [1.29, 1.82) is 0 Å². The molecule has 84 valence electrons. The van der Waals surface area contributed by atoms with Crippen LogP contribution in [0, 0.1) is 5.92 Å². The van der Waals surface area contributed by atoms with Crippen molar-refractivity contribution in [3.8, 4) is 0 Å². The zero-order chi connectivity index (χ0) is 10.7. The summed E-state index contributed by atoms with van der Waals surface area (Å²) in [5.74, 6) is 0.170. The third kappa shape index (κ3) is 2.49. The quantitative estimate of drug-likeness (QED) is 0.709. The summed E-state index contributed by atoms with van der Waals surface area (Å²) >= 11 is 0. The van der Waals surface area contributed by atoms with Crippen LogP contribution in [-0.2, 0) is 9.53 Å². The first-order valence-electron chi connectivity index (χ1n) is 5.71. The van der Waals surface area contributed by atoms with Gasteiger partial charge in [0.1, 0.15) is 0 Å². The highest BCUT2D eigenvalue weighted by atomic mass is 16.5. The maximum Gasteiger partial charge on any atom is 0.346 e. The Morgan fingerprint density at radius 3 is 2.47 bits per heavy atom. The molecule has 0 amide bonds. The first-order chi connectivity index (χ1) is 7.27. The topological polar surface area (TPSA) is 58.9 Å². The maximum absolute atomic E-state index is 10.7. The first kappa shape index (κ1) is 10.5. The Morgan fingerprint density at radius 1 is 1.27 bits per heavy atom. The van der Waals surface area contributed by atoms with Gasteiger partial charge in [0.15, 0.2) is 5.90 Å². The maximum atomic E-state index is 10.7. The molecule has 1 unspecified atom stereocenters. The van der Waals surface area contributed by atoms with E-state index in [4.69, 9.17) is 9.84 Å². The molecular formula is C11H17NO3. The van der Waals surface area contributed by atoms with Gasteiger partial charge in [0.25, 0.3) is 0 Å². The van der Waals surface area contributed by atoms with Gasteiger partial charge in [-0.1, -0.05) is 25.7 Å². The lowest BCUT2D eigenvalue weighted by atomic mass is 10.0. The summed E-state index contributed by atoms with van der Waals surface area (Å²) < 4.78 is 5.37. The Hall–Kier alpha value is -1.06. The molecule has 0 aromatic rings. The van der Waals surface area contributed by atoms with E-state index in [1.54, 1.807) is 0 Å². The van der Waals surface area contributed by atoms with Crippen molar-refractivity contribution >= 4 is 11.9 Å². The van der Waals surface area contributed by atoms with Crippen molar-refractivity contribution in [3.63, 3.8) is 0 Å². The number of hydrogen-bond acceptors (Lipinski definition) is 3. The van der Waals surface area contributed by atoms with Crippen molar-refractivity contribution in [3.05, 3.63) is 0 Å². The lowest BCUT2D eigenvalue weighted by Crippen LogP contribution is -2.26. The molecule has 1 aliphatic carbocycles. The lowest BCUT2D eigenvalue weighted by molar-refractivity contribution is -0.144. The number of carbonyl (C=O) groups is 1. The average Bonchev–Trinajstić information content (AvgIpc) is 2.55. The molecule has 0 aromatic carbocycles. The summed E-state index contributed by atoms with van der Waals surface area (Å²) in [6.45, 7) is 0.293. The Kier molecular flexibility index (Phi) is 3.23. The van der Waals surface area contributed by atoms with Gasteiger partial charge in [-0.2, -0.15) is 0 Å². The predicted molar refractivity (Wildman–Crippen MR) is 56.0 cm³/mol. The number of ether oxygens (including phenoxy) is 1. The van der Waals surface area contributed by atoms with E-state index < -0.39 is 12.1 Å². The van der Waals surface area contributed by atoms with Gasteiger partial charge in [0.2, 0.25) is 6.10 Å². The van der Waals surface area contributed by atoms with Gasteiger partial charge in [-0.15, -0.1) is 0 Å². The van der Waals surface area contributed by atoms with Crippen LogP contribution in [0.25, 0.3) is 0 Å². The summed E-state index contributed by atoms with van der Waals surface area (Å²) in [5.41, 5.74) is 0. The van der Waals surface area contributed by atoms with E-state index in [0.717, 1.165) is 12.8 Å². The average molecular weight is 211 g/mol. The summed E-state index contributed by atoms with van der Waals surface area (Å²) in [6.07, 6.45) is 6.47. The van der Waals surface area contributed by atoms with E-state index in [9.17, 15) is 4.79 Å². The standard InChI is InChI=1S/C11H17NO3/c13-11(14)9-7-12-10(15-9)8-5-3-1-2-4-6-8/h8-9H,1-7H2,(H,13,14). The van der Waals surface area contributed by atoms with Crippen molar-refractivity contribution in [1.82, 2.24) is 0 Å². The van der Waals surface area contributed by atoms with E-state index in [0.29, 0.717) is 18.4 Å². The Bertz CT molecular complexity index is 267. The van der Waals surface area contributed by atoms with Crippen LogP contribution >= 0.6 is 0 Å². The summed E-state index contributed by atoms with van der Waals surface area (Å²) in [7, 11) is 0. The van der Waals surface area contributed by atoms with Crippen LogP contribution in [0.3, 0.4) is 0 Å². The highest BCUT2D eigenvalue weighted by molar-refractivity contribution is 5.85. The molecule has 0 radical (unpaired) electrons. The molecule has 4 nitrogen and oxygen atoms in total. The van der Waals surface area contributed by atoms with Gasteiger partial charge in [-0.3, -0.25) is 4.99 Å². The molecule has 15 heavy (non-hydrogen) atoms. The van der Waals surface area contributed by atoms with Crippen molar-refractivity contribution in [2.45, 2.75) is 44.6 Å². The summed E-state index contributed by atoms with van der Waals surface area (Å²) in [4.78, 5) is 14.9. The molecule has 1 fully saturated rings. The second-order valence-corrected chi connectivity index (χ2v) is 4.31. The molecule has 1 N–H and O–H groups in total.